The number of hydrogen-bond donors (Lipinski definition) is 1. The van der Waals surface area contributed by atoms with Crippen molar-refractivity contribution in [3.05, 3.63) is 34.2 Å². The molecule has 0 atom stereocenters. The van der Waals surface area contributed by atoms with Gasteiger partial charge in [0, 0.05) is 26.0 Å². The highest BCUT2D eigenvalue weighted by Gasteiger charge is 1.91. The molecule has 0 saturated heterocycles. The molecule has 0 saturated carbocycles. The van der Waals surface area contributed by atoms with E-state index in [1.54, 1.807) is 19.4 Å². The van der Waals surface area contributed by atoms with Gasteiger partial charge in [-0.2, -0.15) is 0 Å². The van der Waals surface area contributed by atoms with E-state index >= 15 is 0 Å². The first-order chi connectivity index (χ1) is 5.83. The zero-order valence-corrected chi connectivity index (χ0v) is 7.17. The van der Waals surface area contributed by atoms with Gasteiger partial charge in [0.05, 0.1) is 0 Å². The van der Waals surface area contributed by atoms with Crippen LogP contribution in [0.4, 0.5) is 0 Å². The second-order valence-electron chi connectivity index (χ2n) is 2.66. The first-order valence-electron chi connectivity index (χ1n) is 3.99. The third-order valence-corrected chi connectivity index (χ3v) is 1.66. The van der Waals surface area contributed by atoms with E-state index in [-0.39, 0.29) is 5.56 Å². The second kappa shape index (κ2) is 4.72. The van der Waals surface area contributed by atoms with Crippen LogP contribution in [0.5, 0.6) is 0 Å². The average molecular weight is 167 g/mol. The van der Waals surface area contributed by atoms with E-state index in [2.05, 4.69) is 4.98 Å². The van der Waals surface area contributed by atoms with Gasteiger partial charge in [0.25, 0.3) is 0 Å². The molecular formula is C9H13NO2. The number of H-pyrrole nitrogens is 1. The molecular weight excluding hydrogens is 154 g/mol. The van der Waals surface area contributed by atoms with Crippen molar-refractivity contribution in [3.8, 4) is 0 Å². The number of aromatic nitrogens is 1. The summed E-state index contributed by atoms with van der Waals surface area (Å²) in [5.74, 6) is 0. The highest BCUT2D eigenvalue weighted by molar-refractivity contribution is 5.08. The van der Waals surface area contributed by atoms with Gasteiger partial charge in [-0.1, -0.05) is 6.07 Å². The van der Waals surface area contributed by atoms with Crippen LogP contribution in [0.25, 0.3) is 0 Å². The molecule has 66 valence electrons. The monoisotopic (exact) mass is 167 g/mol. The zero-order chi connectivity index (χ0) is 8.81. The Bertz CT molecular complexity index is 260. The van der Waals surface area contributed by atoms with Gasteiger partial charge in [0.15, 0.2) is 0 Å². The van der Waals surface area contributed by atoms with Crippen LogP contribution in [0.3, 0.4) is 0 Å². The largest absolute Gasteiger partial charge is 0.385 e. The Morgan fingerprint density at radius 2 is 2.33 bits per heavy atom. The van der Waals surface area contributed by atoms with Gasteiger partial charge >= 0.3 is 0 Å². The van der Waals surface area contributed by atoms with Crippen LogP contribution < -0.4 is 5.56 Å². The van der Waals surface area contributed by atoms with Crippen molar-refractivity contribution in [1.82, 2.24) is 4.98 Å². The van der Waals surface area contributed by atoms with Crippen molar-refractivity contribution in [1.29, 1.82) is 0 Å². The van der Waals surface area contributed by atoms with Crippen LogP contribution in [-0.4, -0.2) is 18.7 Å². The third-order valence-electron chi connectivity index (χ3n) is 1.66. The number of aromatic amines is 1. The van der Waals surface area contributed by atoms with E-state index in [4.69, 9.17) is 4.74 Å². The van der Waals surface area contributed by atoms with Gasteiger partial charge in [-0.15, -0.1) is 0 Å². The molecule has 0 aliphatic rings. The van der Waals surface area contributed by atoms with Crippen molar-refractivity contribution < 1.29 is 4.74 Å². The topological polar surface area (TPSA) is 42.1 Å². The molecule has 1 heterocycles. The summed E-state index contributed by atoms with van der Waals surface area (Å²) < 4.78 is 4.92. The van der Waals surface area contributed by atoms with Gasteiger partial charge in [-0.05, 0) is 18.4 Å². The van der Waals surface area contributed by atoms with Crippen LogP contribution in [-0.2, 0) is 11.2 Å². The van der Waals surface area contributed by atoms with E-state index in [1.165, 1.54) is 0 Å². The lowest BCUT2D eigenvalue weighted by molar-refractivity contribution is 0.195. The van der Waals surface area contributed by atoms with Crippen molar-refractivity contribution in [3.63, 3.8) is 0 Å². The van der Waals surface area contributed by atoms with Crippen molar-refractivity contribution in [2.24, 2.45) is 0 Å². The molecule has 0 amide bonds. The van der Waals surface area contributed by atoms with E-state index in [9.17, 15) is 4.79 Å². The smallest absolute Gasteiger partial charge is 0.247 e. The minimum absolute atomic E-state index is 0.0505. The maximum absolute atomic E-state index is 10.7. The zero-order valence-electron chi connectivity index (χ0n) is 7.17. The molecule has 0 spiro atoms. The highest BCUT2D eigenvalue weighted by atomic mass is 16.5. The standard InChI is InChI=1S/C9H13NO2/c1-12-6-2-3-8-4-5-9(11)10-7-8/h4-5,7H,2-3,6H2,1H3,(H,10,11). The quantitative estimate of drug-likeness (QED) is 0.678. The minimum atomic E-state index is -0.0505. The van der Waals surface area contributed by atoms with E-state index in [0.717, 1.165) is 25.0 Å². The summed E-state index contributed by atoms with van der Waals surface area (Å²) in [5.41, 5.74) is 1.09. The summed E-state index contributed by atoms with van der Waals surface area (Å²) in [5, 5.41) is 0. The lowest BCUT2D eigenvalue weighted by Gasteiger charge is -1.98. The van der Waals surface area contributed by atoms with Crippen LogP contribution >= 0.6 is 0 Å². The molecule has 3 nitrogen and oxygen atoms in total. The lowest BCUT2D eigenvalue weighted by Crippen LogP contribution is -2.03. The molecule has 1 aromatic heterocycles. The minimum Gasteiger partial charge on any atom is -0.385 e. The summed E-state index contributed by atoms with van der Waals surface area (Å²) in [6.45, 7) is 0.763. The fourth-order valence-corrected chi connectivity index (χ4v) is 1.02. The van der Waals surface area contributed by atoms with Gasteiger partial charge in [0.2, 0.25) is 5.56 Å². The molecule has 1 aromatic rings. The third kappa shape index (κ3) is 2.88. The number of methoxy groups -OCH3 is 1. The molecule has 0 fully saturated rings. The van der Waals surface area contributed by atoms with Crippen molar-refractivity contribution in [2.75, 3.05) is 13.7 Å². The Kier molecular flexibility index (Phi) is 3.54. The Hall–Kier alpha value is -1.09. The first kappa shape index (κ1) is 9.00. The summed E-state index contributed by atoms with van der Waals surface area (Å²) >= 11 is 0. The molecule has 0 radical (unpaired) electrons. The number of rotatable bonds is 4. The van der Waals surface area contributed by atoms with Crippen LogP contribution in [0.1, 0.15) is 12.0 Å². The summed E-state index contributed by atoms with van der Waals surface area (Å²) in [7, 11) is 1.69. The van der Waals surface area contributed by atoms with E-state index in [0.29, 0.717) is 0 Å². The molecule has 1 rings (SSSR count). The predicted octanol–water partition coefficient (Wildman–Crippen LogP) is 0.954. The van der Waals surface area contributed by atoms with Crippen molar-refractivity contribution >= 4 is 0 Å². The molecule has 12 heavy (non-hydrogen) atoms. The maximum Gasteiger partial charge on any atom is 0.247 e. The lowest BCUT2D eigenvalue weighted by atomic mass is 10.2. The van der Waals surface area contributed by atoms with Crippen molar-refractivity contribution in [2.45, 2.75) is 12.8 Å². The highest BCUT2D eigenvalue weighted by Crippen LogP contribution is 1.98. The number of pyridine rings is 1. The first-order valence-corrected chi connectivity index (χ1v) is 3.99. The fraction of sp³-hybridized carbons (Fsp3) is 0.444. The van der Waals surface area contributed by atoms with Gasteiger partial charge in [-0.25, -0.2) is 0 Å². The Morgan fingerprint density at radius 1 is 1.50 bits per heavy atom. The SMILES string of the molecule is COCCCc1ccc(=O)[nH]c1. The Balaban J connectivity index is 2.42. The molecule has 0 bridgehead atoms. The summed E-state index contributed by atoms with van der Waals surface area (Å²) in [6, 6.07) is 3.39. The summed E-state index contributed by atoms with van der Waals surface area (Å²) in [4.78, 5) is 13.3. The van der Waals surface area contributed by atoms with Gasteiger partial charge < -0.3 is 9.72 Å². The summed E-state index contributed by atoms with van der Waals surface area (Å²) in [6.07, 6.45) is 3.69. The van der Waals surface area contributed by atoms with E-state index in [1.807, 2.05) is 6.07 Å². The average Bonchev–Trinajstić information content (AvgIpc) is 2.09. The number of hydrogen-bond acceptors (Lipinski definition) is 2. The van der Waals surface area contributed by atoms with Gasteiger partial charge in [0.1, 0.15) is 0 Å². The maximum atomic E-state index is 10.7. The second-order valence-corrected chi connectivity index (χ2v) is 2.66. The Labute approximate surface area is 71.4 Å². The van der Waals surface area contributed by atoms with Gasteiger partial charge in [-0.3, -0.25) is 4.79 Å². The van der Waals surface area contributed by atoms with Crippen LogP contribution in [0.15, 0.2) is 23.1 Å². The molecule has 1 N–H and O–H groups in total. The molecule has 0 unspecified atom stereocenters. The molecule has 3 heteroatoms. The predicted molar refractivity (Wildman–Crippen MR) is 47.3 cm³/mol. The number of aryl methyl sites for hydroxylation is 1. The number of ether oxygens (including phenoxy) is 1. The number of nitrogens with one attached hydrogen (secondary N) is 1. The molecule has 0 aromatic carbocycles. The molecule has 0 aliphatic carbocycles. The fourth-order valence-electron chi connectivity index (χ4n) is 1.02. The van der Waals surface area contributed by atoms with Crippen LogP contribution in [0, 0.1) is 0 Å². The normalized spacial score (nSPS) is 10.1. The van der Waals surface area contributed by atoms with Crippen LogP contribution in [0.2, 0.25) is 0 Å². The van der Waals surface area contributed by atoms with E-state index < -0.39 is 0 Å². The Morgan fingerprint density at radius 3 is 2.92 bits per heavy atom. The molecule has 0 aliphatic heterocycles.